The van der Waals surface area contributed by atoms with Gasteiger partial charge in [-0.25, -0.2) is 8.78 Å². The van der Waals surface area contributed by atoms with Crippen LogP contribution in [0, 0.1) is 11.6 Å². The molecular weight excluding hydrogens is 408 g/mol. The summed E-state index contributed by atoms with van der Waals surface area (Å²) in [4.78, 5) is 36.3. The molecule has 31 heavy (non-hydrogen) atoms. The Balaban J connectivity index is 1.60. The summed E-state index contributed by atoms with van der Waals surface area (Å²) in [6.07, 6.45) is 0. The number of para-hydroxylation sites is 1. The maximum Gasteiger partial charge on any atom is 0.255 e. The van der Waals surface area contributed by atoms with Crippen LogP contribution in [-0.4, -0.2) is 29.4 Å². The number of benzene rings is 3. The fraction of sp³-hybridized carbons (Fsp3) is 0.0455. The lowest BCUT2D eigenvalue weighted by Gasteiger charge is -2.10. The summed E-state index contributed by atoms with van der Waals surface area (Å²) >= 11 is 0. The largest absolute Gasteiger partial charge is 0.507 e. The van der Waals surface area contributed by atoms with Gasteiger partial charge in [-0.05, 0) is 36.4 Å². The van der Waals surface area contributed by atoms with Gasteiger partial charge in [-0.15, -0.1) is 0 Å². The number of phenolic OH excluding ortho intramolecular Hbond substituents is 1. The number of aromatic hydroxyl groups is 1. The van der Waals surface area contributed by atoms with Gasteiger partial charge in [-0.3, -0.25) is 14.4 Å². The molecule has 0 aromatic heterocycles. The van der Waals surface area contributed by atoms with Gasteiger partial charge < -0.3 is 21.1 Å². The Hall–Kier alpha value is -4.27. The fourth-order valence-corrected chi connectivity index (χ4v) is 2.67. The van der Waals surface area contributed by atoms with Gasteiger partial charge in [0.25, 0.3) is 11.8 Å². The molecule has 0 aliphatic carbocycles. The SMILES string of the molecule is O=C(CNC(=O)c1ccc(NC(=O)c2cc(F)cc(F)c2)cc1O)Nc1ccccc1. The highest BCUT2D eigenvalue weighted by Gasteiger charge is 2.15. The maximum atomic E-state index is 13.3. The highest BCUT2D eigenvalue weighted by Crippen LogP contribution is 2.22. The van der Waals surface area contributed by atoms with E-state index in [-0.39, 0.29) is 23.4 Å². The molecule has 0 atom stereocenters. The standard InChI is InChI=1S/C22H17F2N3O4/c23-14-8-13(9-15(24)10-14)21(30)27-17-6-7-18(19(28)11-17)22(31)25-12-20(29)26-16-4-2-1-3-5-16/h1-11,28H,12H2,(H,25,31)(H,26,29)(H,27,30). The van der Waals surface area contributed by atoms with E-state index >= 15 is 0 Å². The Kier molecular flexibility index (Phi) is 6.56. The second-order valence-corrected chi connectivity index (χ2v) is 6.44. The average molecular weight is 425 g/mol. The summed E-state index contributed by atoms with van der Waals surface area (Å²) in [6.45, 7) is -0.323. The molecule has 7 nitrogen and oxygen atoms in total. The van der Waals surface area contributed by atoms with Crippen molar-refractivity contribution in [1.29, 1.82) is 0 Å². The number of carbonyl (C=O) groups excluding carboxylic acids is 3. The zero-order valence-corrected chi connectivity index (χ0v) is 16.0. The summed E-state index contributed by atoms with van der Waals surface area (Å²) < 4.78 is 26.5. The first-order valence-electron chi connectivity index (χ1n) is 9.05. The van der Waals surface area contributed by atoms with Crippen LogP contribution < -0.4 is 16.0 Å². The lowest BCUT2D eigenvalue weighted by Crippen LogP contribution is -2.32. The van der Waals surface area contributed by atoms with Gasteiger partial charge in [0.1, 0.15) is 17.4 Å². The molecule has 0 radical (unpaired) electrons. The monoisotopic (exact) mass is 425 g/mol. The number of hydrogen-bond acceptors (Lipinski definition) is 4. The topological polar surface area (TPSA) is 108 Å². The van der Waals surface area contributed by atoms with Crippen LogP contribution in [0.2, 0.25) is 0 Å². The van der Waals surface area contributed by atoms with Gasteiger partial charge in [0.15, 0.2) is 0 Å². The molecule has 0 saturated carbocycles. The van der Waals surface area contributed by atoms with Crippen molar-refractivity contribution in [3.63, 3.8) is 0 Å². The normalized spacial score (nSPS) is 10.3. The zero-order chi connectivity index (χ0) is 22.4. The van der Waals surface area contributed by atoms with E-state index in [1.165, 1.54) is 12.1 Å². The number of rotatable bonds is 6. The second kappa shape index (κ2) is 9.49. The van der Waals surface area contributed by atoms with Crippen LogP contribution in [0.3, 0.4) is 0 Å². The average Bonchev–Trinajstić information content (AvgIpc) is 2.72. The summed E-state index contributed by atoms with van der Waals surface area (Å²) in [5, 5.41) is 17.4. The molecule has 0 unspecified atom stereocenters. The molecule has 3 aromatic rings. The number of hydrogen-bond donors (Lipinski definition) is 4. The molecule has 158 valence electrons. The molecule has 3 aromatic carbocycles. The number of nitrogens with one attached hydrogen (secondary N) is 3. The zero-order valence-electron chi connectivity index (χ0n) is 16.0. The summed E-state index contributed by atoms with van der Waals surface area (Å²) in [5.41, 5.74) is 0.305. The van der Waals surface area contributed by atoms with E-state index in [0.717, 1.165) is 18.2 Å². The first kappa shape index (κ1) is 21.4. The minimum atomic E-state index is -0.906. The molecule has 0 aliphatic heterocycles. The lowest BCUT2D eigenvalue weighted by atomic mass is 10.1. The van der Waals surface area contributed by atoms with Crippen molar-refractivity contribution in [2.75, 3.05) is 17.2 Å². The van der Waals surface area contributed by atoms with E-state index in [0.29, 0.717) is 11.8 Å². The number of phenols is 1. The summed E-state index contributed by atoms with van der Waals surface area (Å²) in [7, 11) is 0. The maximum absolute atomic E-state index is 13.3. The first-order valence-corrected chi connectivity index (χ1v) is 9.05. The minimum absolute atomic E-state index is 0.102. The molecule has 3 amide bonds. The quantitative estimate of drug-likeness (QED) is 0.486. The van der Waals surface area contributed by atoms with Crippen LogP contribution >= 0.6 is 0 Å². The fourth-order valence-electron chi connectivity index (χ4n) is 2.67. The number of carbonyl (C=O) groups is 3. The second-order valence-electron chi connectivity index (χ2n) is 6.44. The summed E-state index contributed by atoms with van der Waals surface area (Å²) in [6, 6.07) is 14.7. The molecule has 0 aliphatic rings. The van der Waals surface area contributed by atoms with Gasteiger partial charge in [0.2, 0.25) is 5.91 Å². The molecule has 9 heteroatoms. The Labute approximate surface area is 175 Å². The van der Waals surface area contributed by atoms with Crippen LogP contribution in [0.5, 0.6) is 5.75 Å². The number of anilines is 2. The van der Waals surface area contributed by atoms with Crippen LogP contribution in [0.15, 0.2) is 66.7 Å². The van der Waals surface area contributed by atoms with Crippen molar-refractivity contribution in [1.82, 2.24) is 5.32 Å². The third kappa shape index (κ3) is 5.86. The highest BCUT2D eigenvalue weighted by molar-refractivity contribution is 6.05. The van der Waals surface area contributed by atoms with E-state index in [4.69, 9.17) is 0 Å². The number of amides is 3. The van der Waals surface area contributed by atoms with Gasteiger partial charge in [-0.2, -0.15) is 0 Å². The van der Waals surface area contributed by atoms with Crippen LogP contribution in [0.25, 0.3) is 0 Å². The Bertz CT molecular complexity index is 1120. The molecule has 0 spiro atoms. The molecule has 0 saturated heterocycles. The van der Waals surface area contributed by atoms with E-state index in [2.05, 4.69) is 16.0 Å². The van der Waals surface area contributed by atoms with E-state index in [1.54, 1.807) is 30.3 Å². The van der Waals surface area contributed by atoms with Crippen molar-refractivity contribution in [3.05, 3.63) is 89.5 Å². The van der Waals surface area contributed by atoms with E-state index < -0.39 is 35.1 Å². The Morgan fingerprint density at radius 2 is 1.45 bits per heavy atom. The Morgan fingerprint density at radius 3 is 2.10 bits per heavy atom. The van der Waals surface area contributed by atoms with Crippen molar-refractivity contribution in [3.8, 4) is 5.75 Å². The molecule has 3 rings (SSSR count). The summed E-state index contributed by atoms with van der Waals surface area (Å²) in [5.74, 6) is -4.22. The van der Waals surface area contributed by atoms with Crippen LogP contribution in [-0.2, 0) is 4.79 Å². The van der Waals surface area contributed by atoms with Gasteiger partial charge >= 0.3 is 0 Å². The van der Waals surface area contributed by atoms with Crippen LogP contribution in [0.1, 0.15) is 20.7 Å². The molecular formula is C22H17F2N3O4. The molecule has 0 bridgehead atoms. The van der Waals surface area contributed by atoms with E-state index in [1.807, 2.05) is 0 Å². The molecule has 0 fully saturated rings. The lowest BCUT2D eigenvalue weighted by molar-refractivity contribution is -0.115. The predicted octanol–water partition coefficient (Wildman–Crippen LogP) is 3.29. The van der Waals surface area contributed by atoms with Crippen molar-refractivity contribution in [2.24, 2.45) is 0 Å². The highest BCUT2D eigenvalue weighted by atomic mass is 19.1. The minimum Gasteiger partial charge on any atom is -0.507 e. The van der Waals surface area contributed by atoms with Crippen molar-refractivity contribution >= 4 is 29.1 Å². The van der Waals surface area contributed by atoms with Gasteiger partial charge in [-0.1, -0.05) is 18.2 Å². The van der Waals surface area contributed by atoms with Gasteiger partial charge in [0, 0.05) is 29.1 Å². The van der Waals surface area contributed by atoms with Crippen molar-refractivity contribution in [2.45, 2.75) is 0 Å². The third-order valence-electron chi connectivity index (χ3n) is 4.09. The van der Waals surface area contributed by atoms with Gasteiger partial charge in [0.05, 0.1) is 12.1 Å². The third-order valence-corrected chi connectivity index (χ3v) is 4.09. The number of halogens is 2. The first-order chi connectivity index (χ1) is 14.8. The van der Waals surface area contributed by atoms with E-state index in [9.17, 15) is 28.3 Å². The predicted molar refractivity (Wildman–Crippen MR) is 110 cm³/mol. The molecule has 0 heterocycles. The smallest absolute Gasteiger partial charge is 0.255 e. The Morgan fingerprint density at radius 1 is 0.774 bits per heavy atom. The molecule has 4 N–H and O–H groups in total. The van der Waals surface area contributed by atoms with Crippen LogP contribution in [0.4, 0.5) is 20.2 Å². The van der Waals surface area contributed by atoms with Crippen molar-refractivity contribution < 1.29 is 28.3 Å².